The highest BCUT2D eigenvalue weighted by Gasteiger charge is 2.37. The van der Waals surface area contributed by atoms with Crippen molar-refractivity contribution >= 4 is 27.3 Å². The Kier molecular flexibility index (Phi) is 1.82. The van der Waals surface area contributed by atoms with Crippen LogP contribution in [0.2, 0.25) is 0 Å². The van der Waals surface area contributed by atoms with Gasteiger partial charge < -0.3 is 4.74 Å². The first kappa shape index (κ1) is 7.77. The first-order valence-electron chi connectivity index (χ1n) is 3.54. The largest absolute Gasteiger partial charge is 0.379 e. The molecule has 0 amide bonds. The van der Waals surface area contributed by atoms with Crippen LogP contribution in [0.1, 0.15) is 11.8 Å². The fourth-order valence-electron chi connectivity index (χ4n) is 1.26. The summed E-state index contributed by atoms with van der Waals surface area (Å²) >= 11 is 5.34. The molecule has 0 N–H and O–H groups in total. The average Bonchev–Trinajstić information content (AvgIpc) is 2.30. The lowest BCUT2D eigenvalue weighted by Gasteiger charge is -2.37. The van der Waals surface area contributed by atoms with Gasteiger partial charge in [0.2, 0.25) is 0 Å². The highest BCUT2D eigenvalue weighted by molar-refractivity contribution is 9.10. The van der Waals surface area contributed by atoms with Crippen LogP contribution >= 0.6 is 27.3 Å². The lowest BCUT2D eigenvalue weighted by Crippen LogP contribution is -2.43. The molecule has 1 nitrogen and oxygen atoms in total. The number of ether oxygens (including phenoxy) is 1. The Balaban J connectivity index is 2.35. The SMILES string of the molecule is CC1(c2sccc2Br)COC1. The van der Waals surface area contributed by atoms with Crippen LogP contribution in [0.3, 0.4) is 0 Å². The maximum atomic E-state index is 5.20. The van der Waals surface area contributed by atoms with Crippen molar-refractivity contribution < 1.29 is 4.74 Å². The minimum Gasteiger partial charge on any atom is -0.379 e. The zero-order valence-electron chi connectivity index (χ0n) is 6.26. The second-order valence-corrected chi connectivity index (χ2v) is 4.92. The van der Waals surface area contributed by atoms with Crippen LogP contribution in [0, 0.1) is 0 Å². The van der Waals surface area contributed by atoms with Crippen molar-refractivity contribution in [2.24, 2.45) is 0 Å². The van der Waals surface area contributed by atoms with Gasteiger partial charge in [0.15, 0.2) is 0 Å². The van der Waals surface area contributed by atoms with E-state index in [-0.39, 0.29) is 5.41 Å². The third-order valence-corrected chi connectivity index (χ3v) is 4.15. The number of thiophene rings is 1. The van der Waals surface area contributed by atoms with Crippen molar-refractivity contribution in [3.05, 3.63) is 20.8 Å². The van der Waals surface area contributed by atoms with Crippen LogP contribution in [0.4, 0.5) is 0 Å². The standard InChI is InChI=1S/C8H9BrOS/c1-8(4-10-5-8)7-6(9)2-3-11-7/h2-3H,4-5H2,1H3. The lowest BCUT2D eigenvalue weighted by atomic mass is 9.87. The summed E-state index contributed by atoms with van der Waals surface area (Å²) in [6.07, 6.45) is 0. The van der Waals surface area contributed by atoms with Gasteiger partial charge in [-0.3, -0.25) is 0 Å². The molecule has 0 radical (unpaired) electrons. The van der Waals surface area contributed by atoms with Gasteiger partial charge in [0.05, 0.1) is 13.2 Å². The van der Waals surface area contributed by atoms with E-state index in [9.17, 15) is 0 Å². The Morgan fingerprint density at radius 3 is 2.73 bits per heavy atom. The minimum absolute atomic E-state index is 0.285. The molecular formula is C8H9BrOS. The molecule has 1 aliphatic rings. The summed E-state index contributed by atoms with van der Waals surface area (Å²) < 4.78 is 6.43. The Hall–Kier alpha value is 0.140. The summed E-state index contributed by atoms with van der Waals surface area (Å²) in [5.41, 5.74) is 0.285. The molecule has 60 valence electrons. The maximum Gasteiger partial charge on any atom is 0.0591 e. The van der Waals surface area contributed by atoms with E-state index in [1.165, 1.54) is 9.35 Å². The van der Waals surface area contributed by atoms with E-state index in [0.29, 0.717) is 0 Å². The molecule has 2 rings (SSSR count). The van der Waals surface area contributed by atoms with E-state index >= 15 is 0 Å². The summed E-state index contributed by atoms with van der Waals surface area (Å²) in [5, 5.41) is 2.11. The minimum atomic E-state index is 0.285. The molecule has 1 saturated heterocycles. The first-order chi connectivity index (χ1) is 5.22. The van der Waals surface area contributed by atoms with Gasteiger partial charge in [0, 0.05) is 14.8 Å². The van der Waals surface area contributed by atoms with Gasteiger partial charge in [-0.1, -0.05) is 6.92 Å². The molecule has 1 aromatic rings. The number of hydrogen-bond donors (Lipinski definition) is 0. The van der Waals surface area contributed by atoms with Gasteiger partial charge in [0.25, 0.3) is 0 Å². The van der Waals surface area contributed by atoms with Crippen LogP contribution < -0.4 is 0 Å². The topological polar surface area (TPSA) is 9.23 Å². The second kappa shape index (κ2) is 2.57. The van der Waals surface area contributed by atoms with E-state index < -0.39 is 0 Å². The van der Waals surface area contributed by atoms with Crippen molar-refractivity contribution in [3.8, 4) is 0 Å². The van der Waals surface area contributed by atoms with Crippen molar-refractivity contribution in [2.75, 3.05) is 13.2 Å². The molecule has 1 fully saturated rings. The van der Waals surface area contributed by atoms with Gasteiger partial charge in [-0.15, -0.1) is 11.3 Å². The number of hydrogen-bond acceptors (Lipinski definition) is 2. The molecule has 1 aliphatic heterocycles. The monoisotopic (exact) mass is 232 g/mol. The fourth-order valence-corrected chi connectivity index (χ4v) is 3.25. The smallest absolute Gasteiger partial charge is 0.0591 e. The molecule has 0 unspecified atom stereocenters. The van der Waals surface area contributed by atoms with Crippen molar-refractivity contribution in [1.29, 1.82) is 0 Å². The summed E-state index contributed by atoms with van der Waals surface area (Å²) in [5.74, 6) is 0. The van der Waals surface area contributed by atoms with Gasteiger partial charge in [-0.05, 0) is 27.4 Å². The Bertz CT molecular complexity index is 265. The molecule has 3 heteroatoms. The normalized spacial score (nSPS) is 21.3. The van der Waals surface area contributed by atoms with E-state index in [1.54, 1.807) is 11.3 Å². The summed E-state index contributed by atoms with van der Waals surface area (Å²) in [4.78, 5) is 1.42. The van der Waals surface area contributed by atoms with Crippen LogP contribution in [-0.4, -0.2) is 13.2 Å². The highest BCUT2D eigenvalue weighted by atomic mass is 79.9. The second-order valence-electron chi connectivity index (χ2n) is 3.15. The molecule has 1 aromatic heterocycles. The molecular weight excluding hydrogens is 224 g/mol. The van der Waals surface area contributed by atoms with Crippen molar-refractivity contribution in [2.45, 2.75) is 12.3 Å². The van der Waals surface area contributed by atoms with Crippen LogP contribution in [0.15, 0.2) is 15.9 Å². The van der Waals surface area contributed by atoms with Gasteiger partial charge >= 0.3 is 0 Å². The third kappa shape index (κ3) is 1.15. The van der Waals surface area contributed by atoms with Crippen LogP contribution in [-0.2, 0) is 10.2 Å². The summed E-state index contributed by atoms with van der Waals surface area (Å²) in [6.45, 7) is 3.98. The predicted molar refractivity (Wildman–Crippen MR) is 50.2 cm³/mol. The van der Waals surface area contributed by atoms with Gasteiger partial charge in [-0.25, -0.2) is 0 Å². The molecule has 0 saturated carbocycles. The van der Waals surface area contributed by atoms with Crippen molar-refractivity contribution in [3.63, 3.8) is 0 Å². The van der Waals surface area contributed by atoms with E-state index in [4.69, 9.17) is 4.74 Å². The van der Waals surface area contributed by atoms with E-state index in [1.807, 2.05) is 0 Å². The first-order valence-corrected chi connectivity index (χ1v) is 5.21. The maximum absolute atomic E-state index is 5.20. The molecule has 0 spiro atoms. The quantitative estimate of drug-likeness (QED) is 0.724. The van der Waals surface area contributed by atoms with E-state index in [2.05, 4.69) is 34.3 Å². The Morgan fingerprint density at radius 2 is 2.36 bits per heavy atom. The number of rotatable bonds is 1. The molecule has 0 atom stereocenters. The predicted octanol–water partition coefficient (Wildman–Crippen LogP) is 2.80. The van der Waals surface area contributed by atoms with Crippen LogP contribution in [0.25, 0.3) is 0 Å². The molecule has 0 aromatic carbocycles. The Labute approximate surface area is 78.5 Å². The highest BCUT2D eigenvalue weighted by Crippen LogP contribution is 2.39. The molecule has 0 aliphatic carbocycles. The van der Waals surface area contributed by atoms with Crippen LogP contribution in [0.5, 0.6) is 0 Å². The zero-order chi connectivity index (χ0) is 7.90. The Morgan fingerprint density at radius 1 is 1.64 bits per heavy atom. The lowest BCUT2D eigenvalue weighted by molar-refractivity contribution is -0.0484. The summed E-state index contributed by atoms with van der Waals surface area (Å²) in [6, 6.07) is 2.10. The van der Waals surface area contributed by atoms with Gasteiger partial charge in [0.1, 0.15) is 0 Å². The van der Waals surface area contributed by atoms with Crippen molar-refractivity contribution in [1.82, 2.24) is 0 Å². The third-order valence-electron chi connectivity index (χ3n) is 2.01. The molecule has 2 heterocycles. The summed E-state index contributed by atoms with van der Waals surface area (Å²) in [7, 11) is 0. The zero-order valence-corrected chi connectivity index (χ0v) is 8.67. The average molecular weight is 233 g/mol. The van der Waals surface area contributed by atoms with E-state index in [0.717, 1.165) is 13.2 Å². The van der Waals surface area contributed by atoms with Gasteiger partial charge in [-0.2, -0.15) is 0 Å². The number of halogens is 1. The molecule has 0 bridgehead atoms. The molecule has 11 heavy (non-hydrogen) atoms. The fraction of sp³-hybridized carbons (Fsp3) is 0.500.